The van der Waals surface area contributed by atoms with Crippen LogP contribution in [0.1, 0.15) is 17.4 Å². The number of rotatable bonds is 9. The molecule has 3 atom stereocenters. The molecular formula is C23H27NO7S. The molecular weight excluding hydrogens is 434 g/mol. The lowest BCUT2D eigenvalue weighted by atomic mass is 10.1. The summed E-state index contributed by atoms with van der Waals surface area (Å²) in [6.07, 6.45) is -3.44. The maximum absolute atomic E-state index is 9.77. The molecule has 1 heterocycles. The molecule has 1 aromatic heterocycles. The molecule has 0 saturated carbocycles. The van der Waals surface area contributed by atoms with Crippen LogP contribution in [0.15, 0.2) is 60.0 Å². The Balaban J connectivity index is 0.000000309. The van der Waals surface area contributed by atoms with E-state index in [0.29, 0.717) is 0 Å². The highest BCUT2D eigenvalue weighted by Crippen LogP contribution is 2.32. The summed E-state index contributed by atoms with van der Waals surface area (Å²) in [5.41, 5.74) is 0. The molecule has 0 saturated heterocycles. The minimum Gasteiger partial charge on any atom is -0.484 e. The summed E-state index contributed by atoms with van der Waals surface area (Å²) in [6, 6.07) is 18.9. The maximum atomic E-state index is 9.77. The van der Waals surface area contributed by atoms with Crippen LogP contribution in [0, 0.1) is 0 Å². The Labute approximate surface area is 189 Å². The normalized spacial score (nSPS) is 13.7. The molecule has 172 valence electrons. The van der Waals surface area contributed by atoms with Gasteiger partial charge in [0.1, 0.15) is 11.9 Å². The number of thiophene rings is 1. The first-order chi connectivity index (χ1) is 15.2. The number of carbonyl (C=O) groups is 2. The minimum atomic E-state index is -2.27. The van der Waals surface area contributed by atoms with Gasteiger partial charge in [-0.25, -0.2) is 9.59 Å². The lowest BCUT2D eigenvalue weighted by Crippen LogP contribution is -2.39. The third-order valence-electron chi connectivity index (χ3n) is 4.52. The summed E-state index contributed by atoms with van der Waals surface area (Å²) in [5, 5.41) is 37.0. The number of aliphatic hydroxyl groups is 2. The Morgan fingerprint density at radius 1 is 0.938 bits per heavy atom. The molecule has 0 spiro atoms. The van der Waals surface area contributed by atoms with Crippen molar-refractivity contribution in [3.63, 3.8) is 0 Å². The van der Waals surface area contributed by atoms with E-state index in [9.17, 15) is 9.59 Å². The second-order valence-corrected chi connectivity index (χ2v) is 8.24. The van der Waals surface area contributed by atoms with Gasteiger partial charge in [0.25, 0.3) is 0 Å². The third kappa shape index (κ3) is 7.31. The molecule has 0 aliphatic heterocycles. The highest BCUT2D eigenvalue weighted by molar-refractivity contribution is 7.10. The van der Waals surface area contributed by atoms with E-state index < -0.39 is 24.1 Å². The molecule has 32 heavy (non-hydrogen) atoms. The number of carboxylic acid groups (broad SMARTS) is 2. The molecule has 0 aliphatic carbocycles. The zero-order valence-electron chi connectivity index (χ0n) is 17.8. The van der Waals surface area contributed by atoms with E-state index in [1.54, 1.807) is 11.3 Å². The van der Waals surface area contributed by atoms with E-state index in [-0.39, 0.29) is 6.10 Å². The summed E-state index contributed by atoms with van der Waals surface area (Å²) in [6.45, 7) is 1.01. The van der Waals surface area contributed by atoms with Gasteiger partial charge in [0.05, 0.1) is 0 Å². The second kappa shape index (κ2) is 12.2. The van der Waals surface area contributed by atoms with Crippen molar-refractivity contribution >= 4 is 34.0 Å². The SMILES string of the molecule is CN(C)CC[C@H](Oc1cccc2ccccc12)c1cccs1.O=C(O)C(O)C(O)C(=O)O. The van der Waals surface area contributed by atoms with Gasteiger partial charge in [-0.3, -0.25) is 0 Å². The van der Waals surface area contributed by atoms with Crippen LogP contribution < -0.4 is 4.74 Å². The number of ether oxygens (including phenoxy) is 1. The van der Waals surface area contributed by atoms with Gasteiger partial charge in [0.15, 0.2) is 12.2 Å². The van der Waals surface area contributed by atoms with Crippen molar-refractivity contribution in [3.05, 3.63) is 64.9 Å². The van der Waals surface area contributed by atoms with Crippen molar-refractivity contribution < 1.29 is 34.8 Å². The Morgan fingerprint density at radius 2 is 1.56 bits per heavy atom. The predicted octanol–water partition coefficient (Wildman–Crippen LogP) is 2.85. The van der Waals surface area contributed by atoms with E-state index >= 15 is 0 Å². The van der Waals surface area contributed by atoms with Crippen LogP contribution in [0.2, 0.25) is 0 Å². The van der Waals surface area contributed by atoms with Crippen molar-refractivity contribution in [3.8, 4) is 5.75 Å². The minimum absolute atomic E-state index is 0.105. The summed E-state index contributed by atoms with van der Waals surface area (Å²) in [4.78, 5) is 23.0. The second-order valence-electron chi connectivity index (χ2n) is 7.26. The van der Waals surface area contributed by atoms with Gasteiger partial charge in [-0.05, 0) is 37.0 Å². The number of carboxylic acids is 2. The number of aliphatic carboxylic acids is 2. The molecule has 3 aromatic rings. The zero-order valence-corrected chi connectivity index (χ0v) is 18.6. The Bertz CT molecular complexity index is 983. The first-order valence-electron chi connectivity index (χ1n) is 9.85. The molecule has 2 unspecified atom stereocenters. The first kappa shape index (κ1) is 25.3. The quantitative estimate of drug-likeness (QED) is 0.383. The number of hydrogen-bond acceptors (Lipinski definition) is 7. The van der Waals surface area contributed by atoms with Gasteiger partial charge >= 0.3 is 11.9 Å². The lowest BCUT2D eigenvalue weighted by Gasteiger charge is -2.21. The molecule has 4 N–H and O–H groups in total. The van der Waals surface area contributed by atoms with Crippen molar-refractivity contribution in [1.29, 1.82) is 0 Å². The number of benzene rings is 2. The molecule has 3 rings (SSSR count). The molecule has 0 bridgehead atoms. The monoisotopic (exact) mass is 461 g/mol. The molecule has 8 nitrogen and oxygen atoms in total. The van der Waals surface area contributed by atoms with Gasteiger partial charge in [-0.1, -0.05) is 42.5 Å². The summed E-state index contributed by atoms with van der Waals surface area (Å²) >= 11 is 1.76. The number of nitrogens with zero attached hydrogens (tertiary/aromatic N) is 1. The van der Waals surface area contributed by atoms with Crippen molar-refractivity contribution in [2.75, 3.05) is 20.6 Å². The fourth-order valence-electron chi connectivity index (χ4n) is 2.83. The van der Waals surface area contributed by atoms with Crippen molar-refractivity contribution in [1.82, 2.24) is 4.90 Å². The number of hydrogen-bond donors (Lipinski definition) is 4. The summed E-state index contributed by atoms with van der Waals surface area (Å²) in [5.74, 6) is -2.57. The smallest absolute Gasteiger partial charge is 0.335 e. The van der Waals surface area contributed by atoms with Crippen LogP contribution in [0.4, 0.5) is 0 Å². The van der Waals surface area contributed by atoms with Crippen LogP contribution in [-0.2, 0) is 9.59 Å². The summed E-state index contributed by atoms with van der Waals surface area (Å²) < 4.78 is 6.41. The van der Waals surface area contributed by atoms with Gasteiger partial charge in [-0.15, -0.1) is 11.3 Å². The standard InChI is InChI=1S/C19H21NOS.C4H6O6/c1-20(2)13-12-18(19-11-6-14-22-19)21-17-10-5-8-15-7-3-4-9-16(15)17;5-1(3(7)8)2(6)4(9)10/h3-11,14,18H,12-13H2,1-2H3;1-2,5-6H,(H,7,8)(H,9,10)/t18-;/m0./s1. The highest BCUT2D eigenvalue weighted by atomic mass is 32.1. The van der Waals surface area contributed by atoms with Crippen molar-refractivity contribution in [2.24, 2.45) is 0 Å². The number of aliphatic hydroxyl groups excluding tert-OH is 2. The predicted molar refractivity (Wildman–Crippen MR) is 122 cm³/mol. The Morgan fingerprint density at radius 3 is 2.12 bits per heavy atom. The van der Waals surface area contributed by atoms with Crippen LogP contribution >= 0.6 is 11.3 Å². The van der Waals surface area contributed by atoms with E-state index in [1.165, 1.54) is 15.6 Å². The van der Waals surface area contributed by atoms with Gasteiger partial charge < -0.3 is 30.1 Å². The molecule has 0 amide bonds. The first-order valence-corrected chi connectivity index (χ1v) is 10.7. The molecule has 0 aliphatic rings. The summed E-state index contributed by atoms with van der Waals surface area (Å²) in [7, 11) is 4.20. The fraction of sp³-hybridized carbons (Fsp3) is 0.304. The van der Waals surface area contributed by atoms with E-state index in [1.807, 2.05) is 0 Å². The van der Waals surface area contributed by atoms with Crippen LogP contribution in [0.3, 0.4) is 0 Å². The highest BCUT2D eigenvalue weighted by Gasteiger charge is 2.29. The van der Waals surface area contributed by atoms with Gasteiger partial charge in [0.2, 0.25) is 0 Å². The van der Waals surface area contributed by atoms with Crippen LogP contribution in [-0.4, -0.2) is 70.1 Å². The fourth-order valence-corrected chi connectivity index (χ4v) is 3.62. The van der Waals surface area contributed by atoms with Gasteiger partial charge in [0, 0.05) is 23.2 Å². The maximum Gasteiger partial charge on any atom is 0.335 e. The molecule has 2 aromatic carbocycles. The third-order valence-corrected chi connectivity index (χ3v) is 5.49. The molecule has 9 heteroatoms. The molecule has 0 radical (unpaired) electrons. The Hall–Kier alpha value is -2.98. The largest absolute Gasteiger partial charge is 0.484 e. The average Bonchev–Trinajstić information content (AvgIpc) is 3.30. The number of fused-ring (bicyclic) bond motifs is 1. The average molecular weight is 462 g/mol. The van der Waals surface area contributed by atoms with E-state index in [4.69, 9.17) is 25.2 Å². The topological polar surface area (TPSA) is 128 Å². The van der Waals surface area contributed by atoms with E-state index in [0.717, 1.165) is 18.7 Å². The van der Waals surface area contributed by atoms with Crippen molar-refractivity contribution in [2.45, 2.75) is 24.7 Å². The Kier molecular flexibility index (Phi) is 9.61. The van der Waals surface area contributed by atoms with E-state index in [2.05, 4.69) is 79.0 Å². The lowest BCUT2D eigenvalue weighted by molar-refractivity contribution is -0.165. The molecule has 0 fully saturated rings. The van der Waals surface area contributed by atoms with Gasteiger partial charge in [-0.2, -0.15) is 0 Å². The van der Waals surface area contributed by atoms with Crippen LogP contribution in [0.25, 0.3) is 10.8 Å². The van der Waals surface area contributed by atoms with Crippen LogP contribution in [0.5, 0.6) is 5.75 Å². The zero-order chi connectivity index (χ0) is 23.7.